The summed E-state index contributed by atoms with van der Waals surface area (Å²) in [6.07, 6.45) is 0.193. The fourth-order valence-corrected chi connectivity index (χ4v) is 2.33. The maximum absolute atomic E-state index is 12.3. The van der Waals surface area contributed by atoms with Gasteiger partial charge in [0.2, 0.25) is 0 Å². The van der Waals surface area contributed by atoms with Crippen LogP contribution in [0.25, 0.3) is 0 Å². The Morgan fingerprint density at radius 2 is 1.94 bits per heavy atom. The molecule has 2 rings (SSSR count). The Hall–Kier alpha value is -1.75. The SMILES string of the molecule is CC(=O)C[C@H]1C(=O)N(c2ccccc2)C(=S)N1C. The number of nitrogens with zero attached hydrogens (tertiary/aromatic N) is 2. The average Bonchev–Trinajstić information content (AvgIpc) is 2.54. The van der Waals surface area contributed by atoms with E-state index < -0.39 is 6.04 Å². The number of para-hydroxylation sites is 1. The Morgan fingerprint density at radius 1 is 1.33 bits per heavy atom. The highest BCUT2D eigenvalue weighted by Crippen LogP contribution is 2.25. The maximum atomic E-state index is 12.3. The minimum atomic E-state index is -0.477. The van der Waals surface area contributed by atoms with E-state index in [0.717, 1.165) is 5.69 Å². The second-order valence-corrected chi connectivity index (χ2v) is 4.69. The summed E-state index contributed by atoms with van der Waals surface area (Å²) in [5.41, 5.74) is 0.741. The van der Waals surface area contributed by atoms with Gasteiger partial charge in [0.15, 0.2) is 5.11 Å². The third-order valence-corrected chi connectivity index (χ3v) is 3.43. The standard InChI is InChI=1S/C13H14N2O2S/c1-9(16)8-11-12(17)15(13(18)14(11)2)10-6-4-3-5-7-10/h3-7,11H,8H2,1-2H3/t11-/m0/s1. The molecule has 0 aromatic heterocycles. The largest absolute Gasteiger partial charge is 0.339 e. The van der Waals surface area contributed by atoms with Crippen molar-refractivity contribution in [3.05, 3.63) is 30.3 Å². The van der Waals surface area contributed by atoms with Crippen molar-refractivity contribution in [1.29, 1.82) is 0 Å². The average molecular weight is 262 g/mol. The molecule has 0 bridgehead atoms. The summed E-state index contributed by atoms with van der Waals surface area (Å²) in [5, 5.41) is 0.442. The van der Waals surface area contributed by atoms with Gasteiger partial charge in [-0.1, -0.05) is 18.2 Å². The number of carbonyl (C=O) groups excluding carboxylic acids is 2. The summed E-state index contributed by atoms with van der Waals surface area (Å²) in [7, 11) is 1.75. The number of rotatable bonds is 3. The number of carbonyl (C=O) groups is 2. The summed E-state index contributed by atoms with van der Waals surface area (Å²) in [6.45, 7) is 1.48. The molecule has 1 aromatic carbocycles. The second-order valence-electron chi connectivity index (χ2n) is 4.32. The lowest BCUT2D eigenvalue weighted by atomic mass is 10.1. The Morgan fingerprint density at radius 3 is 2.50 bits per heavy atom. The quantitative estimate of drug-likeness (QED) is 0.776. The van der Waals surface area contributed by atoms with Gasteiger partial charge in [-0.05, 0) is 31.3 Å². The first-order valence-corrected chi connectivity index (χ1v) is 6.08. The van der Waals surface area contributed by atoms with E-state index in [1.807, 2.05) is 30.3 Å². The van der Waals surface area contributed by atoms with E-state index in [0.29, 0.717) is 5.11 Å². The number of anilines is 1. The summed E-state index contributed by atoms with van der Waals surface area (Å²) in [4.78, 5) is 26.7. The highest BCUT2D eigenvalue weighted by Gasteiger charge is 2.41. The van der Waals surface area contributed by atoms with Gasteiger partial charge in [0, 0.05) is 13.5 Å². The predicted molar refractivity (Wildman–Crippen MR) is 73.4 cm³/mol. The van der Waals surface area contributed by atoms with Crippen LogP contribution in [0.5, 0.6) is 0 Å². The number of benzene rings is 1. The van der Waals surface area contributed by atoms with Crippen molar-refractivity contribution in [1.82, 2.24) is 4.90 Å². The van der Waals surface area contributed by atoms with Gasteiger partial charge in [-0.2, -0.15) is 0 Å². The van der Waals surface area contributed by atoms with E-state index in [4.69, 9.17) is 12.2 Å². The summed E-state index contributed by atoms with van der Waals surface area (Å²) >= 11 is 5.27. The minimum Gasteiger partial charge on any atom is -0.339 e. The number of thiocarbonyl (C=S) groups is 1. The van der Waals surface area contributed by atoms with E-state index >= 15 is 0 Å². The maximum Gasteiger partial charge on any atom is 0.256 e. The van der Waals surface area contributed by atoms with Gasteiger partial charge < -0.3 is 4.90 Å². The fraction of sp³-hybridized carbons (Fsp3) is 0.308. The molecule has 5 heteroatoms. The molecule has 1 heterocycles. The van der Waals surface area contributed by atoms with Gasteiger partial charge in [-0.15, -0.1) is 0 Å². The Bertz CT molecular complexity index is 501. The van der Waals surface area contributed by atoms with Gasteiger partial charge in [-0.3, -0.25) is 14.5 Å². The molecule has 94 valence electrons. The number of Topliss-reactive ketones (excluding diaryl/α,β-unsaturated/α-hetero) is 1. The first-order chi connectivity index (χ1) is 8.52. The van der Waals surface area contributed by atoms with Crippen LogP contribution in [0.1, 0.15) is 13.3 Å². The fourth-order valence-electron chi connectivity index (χ4n) is 2.01. The molecule has 0 saturated carbocycles. The smallest absolute Gasteiger partial charge is 0.256 e. The molecule has 1 aromatic rings. The summed E-state index contributed by atoms with van der Waals surface area (Å²) in [5.74, 6) is -0.151. The lowest BCUT2D eigenvalue weighted by molar-refractivity contribution is -0.124. The molecule has 1 amide bonds. The molecule has 0 spiro atoms. The normalized spacial score (nSPS) is 19.6. The van der Waals surface area contributed by atoms with Gasteiger partial charge in [0.1, 0.15) is 11.8 Å². The Labute approximate surface area is 111 Å². The van der Waals surface area contributed by atoms with Crippen LogP contribution in [-0.4, -0.2) is 34.8 Å². The molecule has 1 atom stereocenters. The molecule has 4 nitrogen and oxygen atoms in total. The molecule has 1 aliphatic heterocycles. The molecular weight excluding hydrogens is 248 g/mol. The molecule has 1 aliphatic rings. The highest BCUT2D eigenvalue weighted by molar-refractivity contribution is 7.80. The zero-order chi connectivity index (χ0) is 13.3. The van der Waals surface area contributed by atoms with Crippen LogP contribution in [0.4, 0.5) is 5.69 Å². The van der Waals surface area contributed by atoms with Crippen molar-refractivity contribution in [2.24, 2.45) is 0 Å². The van der Waals surface area contributed by atoms with E-state index in [1.165, 1.54) is 11.8 Å². The topological polar surface area (TPSA) is 40.6 Å². The first kappa shape index (κ1) is 12.7. The summed E-state index contributed by atoms with van der Waals surface area (Å²) < 4.78 is 0. The molecule has 0 aliphatic carbocycles. The second kappa shape index (κ2) is 4.86. The third kappa shape index (κ3) is 2.13. The molecular formula is C13H14N2O2S. The van der Waals surface area contributed by atoms with Gasteiger partial charge in [0.05, 0.1) is 5.69 Å². The van der Waals surface area contributed by atoms with Crippen LogP contribution in [0.15, 0.2) is 30.3 Å². The van der Waals surface area contributed by atoms with Crippen molar-refractivity contribution >= 4 is 34.7 Å². The van der Waals surface area contributed by atoms with Crippen LogP contribution in [-0.2, 0) is 9.59 Å². The van der Waals surface area contributed by atoms with E-state index in [9.17, 15) is 9.59 Å². The van der Waals surface area contributed by atoms with Gasteiger partial charge in [0.25, 0.3) is 5.91 Å². The molecule has 0 radical (unpaired) electrons. The Kier molecular flexibility index (Phi) is 3.43. The van der Waals surface area contributed by atoms with Crippen molar-refractivity contribution in [2.45, 2.75) is 19.4 Å². The van der Waals surface area contributed by atoms with Crippen LogP contribution in [0.2, 0.25) is 0 Å². The van der Waals surface area contributed by atoms with Crippen molar-refractivity contribution < 1.29 is 9.59 Å². The number of ketones is 1. The lowest BCUT2D eigenvalue weighted by Crippen LogP contribution is -2.32. The number of likely N-dealkylation sites (N-methyl/N-ethyl adjacent to an activating group) is 1. The zero-order valence-electron chi connectivity index (χ0n) is 10.3. The Balaban J connectivity index is 2.31. The van der Waals surface area contributed by atoms with Gasteiger partial charge in [-0.25, -0.2) is 0 Å². The van der Waals surface area contributed by atoms with Crippen molar-refractivity contribution in [2.75, 3.05) is 11.9 Å². The van der Waals surface area contributed by atoms with Gasteiger partial charge >= 0.3 is 0 Å². The molecule has 0 unspecified atom stereocenters. The number of hydrogen-bond donors (Lipinski definition) is 0. The van der Waals surface area contributed by atoms with E-state index in [2.05, 4.69) is 0 Å². The lowest BCUT2D eigenvalue weighted by Gasteiger charge is -2.17. The van der Waals surface area contributed by atoms with Crippen molar-refractivity contribution in [3.8, 4) is 0 Å². The number of amides is 1. The van der Waals surface area contributed by atoms with Crippen LogP contribution >= 0.6 is 12.2 Å². The van der Waals surface area contributed by atoms with Crippen molar-refractivity contribution in [3.63, 3.8) is 0 Å². The monoisotopic (exact) mass is 262 g/mol. The minimum absolute atomic E-state index is 0.0158. The van der Waals surface area contributed by atoms with Crippen LogP contribution in [0.3, 0.4) is 0 Å². The zero-order valence-corrected chi connectivity index (χ0v) is 11.1. The molecule has 1 fully saturated rings. The third-order valence-electron chi connectivity index (χ3n) is 2.96. The molecule has 18 heavy (non-hydrogen) atoms. The summed E-state index contributed by atoms with van der Waals surface area (Å²) in [6, 6.07) is 8.76. The predicted octanol–water partition coefficient (Wildman–Crippen LogP) is 1.60. The molecule has 1 saturated heterocycles. The van der Waals surface area contributed by atoms with E-state index in [-0.39, 0.29) is 18.1 Å². The van der Waals surface area contributed by atoms with Crippen LogP contribution in [0, 0.1) is 0 Å². The van der Waals surface area contributed by atoms with E-state index in [1.54, 1.807) is 11.9 Å². The first-order valence-electron chi connectivity index (χ1n) is 5.67. The van der Waals surface area contributed by atoms with Crippen LogP contribution < -0.4 is 4.90 Å². The molecule has 0 N–H and O–H groups in total. The number of hydrogen-bond acceptors (Lipinski definition) is 3. The highest BCUT2D eigenvalue weighted by atomic mass is 32.1.